The molecule has 0 spiro atoms. The summed E-state index contributed by atoms with van der Waals surface area (Å²) in [5.41, 5.74) is 1.13. The molecule has 0 unspecified atom stereocenters. The van der Waals surface area contributed by atoms with Crippen LogP contribution >= 0.6 is 0 Å². The lowest BCUT2D eigenvalue weighted by Gasteiger charge is -2.30. The van der Waals surface area contributed by atoms with Gasteiger partial charge in [-0.2, -0.15) is 0 Å². The maximum Gasteiger partial charge on any atom is 0.331 e. The summed E-state index contributed by atoms with van der Waals surface area (Å²) in [4.78, 5) is 48.8. The van der Waals surface area contributed by atoms with E-state index in [1.54, 1.807) is 25.1 Å². The van der Waals surface area contributed by atoms with Crippen molar-refractivity contribution in [3.8, 4) is 11.3 Å². The van der Waals surface area contributed by atoms with E-state index < -0.39 is 22.8 Å². The number of nitrogens with one attached hydrogen (secondary N) is 1. The van der Waals surface area contributed by atoms with Crippen molar-refractivity contribution in [3.05, 3.63) is 57.3 Å². The number of urea groups is 1. The molecule has 2 aromatic rings. The molecule has 154 valence electrons. The molecular formula is C21H19N3O6. The standard InChI is InChI=1S/C21H19N3O6/c1-12-10-14(24(28)29)6-8-16(12)18-9-7-15(30-18)11-17-19(25)22-21(27)23(20(17)26)13-4-2-3-5-13/h6-11,13H,2-5H2,1H3,(H,22,25,27)/b17-11-. The van der Waals surface area contributed by atoms with Crippen LogP contribution in [-0.4, -0.2) is 33.7 Å². The van der Waals surface area contributed by atoms with Crippen molar-refractivity contribution < 1.29 is 23.7 Å². The number of carbonyl (C=O) groups excluding carboxylic acids is 3. The van der Waals surface area contributed by atoms with Gasteiger partial charge in [0, 0.05) is 23.7 Å². The highest BCUT2D eigenvalue weighted by atomic mass is 16.6. The Bertz CT molecular complexity index is 1090. The van der Waals surface area contributed by atoms with Gasteiger partial charge in [0.25, 0.3) is 17.5 Å². The lowest BCUT2D eigenvalue weighted by molar-refractivity contribution is -0.384. The van der Waals surface area contributed by atoms with Crippen molar-refractivity contribution in [2.75, 3.05) is 0 Å². The average molecular weight is 409 g/mol. The SMILES string of the molecule is Cc1cc([N+](=O)[O-])ccc1-c1ccc(/C=C2/C(=O)NC(=O)N(C3CCCC3)C2=O)o1. The van der Waals surface area contributed by atoms with Crippen LogP contribution in [0.3, 0.4) is 0 Å². The smallest absolute Gasteiger partial charge is 0.331 e. The zero-order valence-electron chi connectivity index (χ0n) is 16.2. The molecule has 1 saturated heterocycles. The second-order valence-electron chi connectivity index (χ2n) is 7.39. The van der Waals surface area contributed by atoms with E-state index in [1.165, 1.54) is 18.2 Å². The summed E-state index contributed by atoms with van der Waals surface area (Å²) in [7, 11) is 0. The van der Waals surface area contributed by atoms with Crippen molar-refractivity contribution in [2.24, 2.45) is 0 Å². The van der Waals surface area contributed by atoms with Crippen LogP contribution in [0.5, 0.6) is 0 Å². The van der Waals surface area contributed by atoms with Crippen molar-refractivity contribution in [2.45, 2.75) is 38.6 Å². The molecular weight excluding hydrogens is 390 g/mol. The fraction of sp³-hybridized carbons (Fsp3) is 0.286. The van der Waals surface area contributed by atoms with Crippen LogP contribution in [0.2, 0.25) is 0 Å². The fourth-order valence-electron chi connectivity index (χ4n) is 3.92. The zero-order chi connectivity index (χ0) is 21.4. The average Bonchev–Trinajstić information content (AvgIpc) is 3.37. The number of benzene rings is 1. The third-order valence-corrected chi connectivity index (χ3v) is 5.42. The molecule has 1 aromatic heterocycles. The molecule has 2 fully saturated rings. The summed E-state index contributed by atoms with van der Waals surface area (Å²) in [6.07, 6.45) is 4.64. The Hall–Kier alpha value is -3.75. The summed E-state index contributed by atoms with van der Waals surface area (Å²) in [5, 5.41) is 13.1. The summed E-state index contributed by atoms with van der Waals surface area (Å²) < 4.78 is 5.76. The van der Waals surface area contributed by atoms with Gasteiger partial charge in [-0.25, -0.2) is 4.79 Å². The van der Waals surface area contributed by atoms with Crippen LogP contribution in [0.4, 0.5) is 10.5 Å². The van der Waals surface area contributed by atoms with E-state index >= 15 is 0 Å². The summed E-state index contributed by atoms with van der Waals surface area (Å²) in [5.74, 6) is -0.674. The second kappa shape index (κ2) is 7.58. The Morgan fingerprint density at radius 1 is 1.17 bits per heavy atom. The molecule has 9 nitrogen and oxygen atoms in total. The second-order valence-corrected chi connectivity index (χ2v) is 7.39. The predicted molar refractivity (Wildman–Crippen MR) is 106 cm³/mol. The Labute approximate surface area is 171 Å². The van der Waals surface area contributed by atoms with Crippen molar-refractivity contribution >= 4 is 29.6 Å². The number of nitro benzene ring substituents is 1. The highest BCUT2D eigenvalue weighted by Crippen LogP contribution is 2.30. The van der Waals surface area contributed by atoms with Crippen molar-refractivity contribution in [1.29, 1.82) is 0 Å². The van der Waals surface area contributed by atoms with Crippen LogP contribution in [-0.2, 0) is 9.59 Å². The first-order valence-corrected chi connectivity index (χ1v) is 9.61. The van der Waals surface area contributed by atoms with E-state index in [0.717, 1.165) is 30.6 Å². The lowest BCUT2D eigenvalue weighted by Crippen LogP contribution is -2.57. The molecule has 0 bridgehead atoms. The summed E-state index contributed by atoms with van der Waals surface area (Å²) in [6.45, 7) is 1.73. The minimum Gasteiger partial charge on any atom is -0.457 e. The highest BCUT2D eigenvalue weighted by molar-refractivity contribution is 6.31. The first kappa shape index (κ1) is 19.6. The minimum absolute atomic E-state index is 0.0220. The maximum atomic E-state index is 12.8. The van der Waals surface area contributed by atoms with Gasteiger partial charge in [-0.15, -0.1) is 0 Å². The highest BCUT2D eigenvalue weighted by Gasteiger charge is 2.40. The van der Waals surface area contributed by atoms with Crippen LogP contribution in [0.25, 0.3) is 17.4 Å². The molecule has 0 atom stereocenters. The Morgan fingerprint density at radius 3 is 2.57 bits per heavy atom. The first-order valence-electron chi connectivity index (χ1n) is 9.61. The molecule has 0 radical (unpaired) electrons. The van der Waals surface area contributed by atoms with E-state index in [4.69, 9.17) is 4.42 Å². The molecule has 2 heterocycles. The molecule has 9 heteroatoms. The monoisotopic (exact) mass is 409 g/mol. The number of imide groups is 2. The lowest BCUT2D eigenvalue weighted by atomic mass is 10.1. The number of carbonyl (C=O) groups is 3. The Balaban J connectivity index is 1.63. The van der Waals surface area contributed by atoms with Crippen LogP contribution < -0.4 is 5.32 Å². The molecule has 1 aliphatic heterocycles. The molecule has 2 aliphatic rings. The van der Waals surface area contributed by atoms with Crippen molar-refractivity contribution in [3.63, 3.8) is 0 Å². The third kappa shape index (κ3) is 3.49. The molecule has 1 saturated carbocycles. The Kier molecular flexibility index (Phi) is 4.94. The van der Waals surface area contributed by atoms with E-state index in [0.29, 0.717) is 16.9 Å². The number of barbiturate groups is 1. The summed E-state index contributed by atoms with van der Waals surface area (Å²) in [6, 6.07) is 6.78. The fourth-order valence-corrected chi connectivity index (χ4v) is 3.92. The van der Waals surface area contributed by atoms with Gasteiger partial charge in [0.15, 0.2) is 0 Å². The molecule has 1 aliphatic carbocycles. The minimum atomic E-state index is -0.760. The topological polar surface area (TPSA) is 123 Å². The number of amides is 4. The zero-order valence-corrected chi connectivity index (χ0v) is 16.2. The van der Waals surface area contributed by atoms with Gasteiger partial charge in [0.1, 0.15) is 17.1 Å². The van der Waals surface area contributed by atoms with Crippen LogP contribution in [0.1, 0.15) is 37.0 Å². The largest absolute Gasteiger partial charge is 0.457 e. The van der Waals surface area contributed by atoms with Gasteiger partial charge in [0.2, 0.25) is 0 Å². The van der Waals surface area contributed by atoms with Gasteiger partial charge in [-0.3, -0.25) is 29.9 Å². The number of furan rings is 1. The number of nitrogens with zero attached hydrogens (tertiary/aromatic N) is 2. The first-order chi connectivity index (χ1) is 14.3. The van der Waals surface area contributed by atoms with Gasteiger partial charge >= 0.3 is 6.03 Å². The number of non-ortho nitro benzene ring substituents is 1. The Morgan fingerprint density at radius 2 is 1.90 bits per heavy atom. The number of rotatable bonds is 4. The quantitative estimate of drug-likeness (QED) is 0.356. The maximum absolute atomic E-state index is 12.8. The van der Waals surface area contributed by atoms with Crippen LogP contribution in [0, 0.1) is 17.0 Å². The number of aryl methyl sites for hydroxylation is 1. The number of hydrogen-bond donors (Lipinski definition) is 1. The van der Waals surface area contributed by atoms with Gasteiger partial charge in [0.05, 0.1) is 4.92 Å². The predicted octanol–water partition coefficient (Wildman–Crippen LogP) is 3.57. The molecule has 30 heavy (non-hydrogen) atoms. The third-order valence-electron chi connectivity index (χ3n) is 5.42. The van der Waals surface area contributed by atoms with Gasteiger partial charge in [-0.1, -0.05) is 12.8 Å². The molecule has 1 N–H and O–H groups in total. The molecule has 4 rings (SSSR count). The summed E-state index contributed by atoms with van der Waals surface area (Å²) >= 11 is 0. The van der Waals surface area contributed by atoms with Crippen molar-refractivity contribution in [1.82, 2.24) is 10.2 Å². The molecule has 1 aromatic carbocycles. The number of hydrogen-bond acceptors (Lipinski definition) is 6. The van der Waals surface area contributed by atoms with Gasteiger partial charge < -0.3 is 4.42 Å². The van der Waals surface area contributed by atoms with E-state index in [-0.39, 0.29) is 23.1 Å². The molecule has 4 amide bonds. The van der Waals surface area contributed by atoms with E-state index in [2.05, 4.69) is 5.32 Å². The normalized spacial score (nSPS) is 18.9. The van der Waals surface area contributed by atoms with E-state index in [9.17, 15) is 24.5 Å². The van der Waals surface area contributed by atoms with E-state index in [1.807, 2.05) is 0 Å². The van der Waals surface area contributed by atoms with Gasteiger partial charge in [-0.05, 0) is 49.6 Å². The number of nitro groups is 1. The van der Waals surface area contributed by atoms with Crippen LogP contribution in [0.15, 0.2) is 40.3 Å².